The Balaban J connectivity index is 2.24. The fourth-order valence-corrected chi connectivity index (χ4v) is 2.50. The molecule has 2 rings (SSSR count). The molecular weight excluding hydrogens is 236 g/mol. The van der Waals surface area contributed by atoms with Gasteiger partial charge >= 0.3 is 0 Å². The van der Waals surface area contributed by atoms with E-state index < -0.39 is 0 Å². The molecule has 1 aromatic rings. The highest BCUT2D eigenvalue weighted by molar-refractivity contribution is 6.28. The summed E-state index contributed by atoms with van der Waals surface area (Å²) < 4.78 is 0. The van der Waals surface area contributed by atoms with Crippen molar-refractivity contribution >= 4 is 23.1 Å². The Kier molecular flexibility index (Phi) is 3.43. The third-order valence-corrected chi connectivity index (χ3v) is 3.72. The number of nitrogens with zero attached hydrogens (tertiary/aromatic N) is 3. The van der Waals surface area contributed by atoms with Gasteiger partial charge in [-0.25, -0.2) is 4.98 Å². The van der Waals surface area contributed by atoms with E-state index in [0.29, 0.717) is 17.5 Å². The van der Waals surface area contributed by atoms with Gasteiger partial charge in [0.05, 0.1) is 11.4 Å². The standard InChI is InChI=1S/C12H19ClN4/c1-7(2)9-4-5-17(6-9)11-10(14)8(3)15-12(13)16-11/h7,9H,4-6,14H2,1-3H3. The predicted octanol–water partition coefficient (Wildman–Crippen LogP) is 2.50. The first-order chi connectivity index (χ1) is 7.99. The van der Waals surface area contributed by atoms with Gasteiger partial charge in [-0.05, 0) is 36.8 Å². The highest BCUT2D eigenvalue weighted by atomic mass is 35.5. The fraction of sp³-hybridized carbons (Fsp3) is 0.667. The van der Waals surface area contributed by atoms with Crippen LogP contribution >= 0.6 is 11.6 Å². The van der Waals surface area contributed by atoms with Crippen molar-refractivity contribution in [2.24, 2.45) is 11.8 Å². The number of rotatable bonds is 2. The molecule has 1 atom stereocenters. The first-order valence-corrected chi connectivity index (χ1v) is 6.41. The van der Waals surface area contributed by atoms with Gasteiger partial charge in [-0.15, -0.1) is 0 Å². The zero-order valence-electron chi connectivity index (χ0n) is 10.6. The van der Waals surface area contributed by atoms with Crippen molar-refractivity contribution in [2.45, 2.75) is 27.2 Å². The molecule has 0 aromatic carbocycles. The summed E-state index contributed by atoms with van der Waals surface area (Å²) in [6.07, 6.45) is 1.19. The molecule has 0 amide bonds. The zero-order chi connectivity index (χ0) is 12.6. The SMILES string of the molecule is Cc1nc(Cl)nc(N2CCC(C(C)C)C2)c1N. The summed E-state index contributed by atoms with van der Waals surface area (Å²) in [5, 5.41) is 0.277. The quantitative estimate of drug-likeness (QED) is 0.824. The molecule has 0 bridgehead atoms. The minimum Gasteiger partial charge on any atom is -0.394 e. The van der Waals surface area contributed by atoms with Gasteiger partial charge in [0.2, 0.25) is 5.28 Å². The van der Waals surface area contributed by atoms with E-state index in [2.05, 4.69) is 28.7 Å². The molecule has 1 aliphatic heterocycles. The van der Waals surface area contributed by atoms with Gasteiger partial charge < -0.3 is 10.6 Å². The van der Waals surface area contributed by atoms with E-state index in [4.69, 9.17) is 17.3 Å². The minimum absolute atomic E-state index is 0.277. The van der Waals surface area contributed by atoms with Crippen LogP contribution in [0.3, 0.4) is 0 Å². The number of nitrogens with two attached hydrogens (primary N) is 1. The lowest BCUT2D eigenvalue weighted by Gasteiger charge is -2.21. The second kappa shape index (κ2) is 4.69. The van der Waals surface area contributed by atoms with Crippen LogP contribution in [-0.2, 0) is 0 Å². The van der Waals surface area contributed by atoms with Gasteiger partial charge in [-0.1, -0.05) is 13.8 Å². The summed E-state index contributed by atoms with van der Waals surface area (Å²) in [5.41, 5.74) is 7.44. The monoisotopic (exact) mass is 254 g/mol. The molecule has 1 fully saturated rings. The first kappa shape index (κ1) is 12.4. The molecule has 0 aliphatic carbocycles. The Labute approximate surface area is 107 Å². The number of aromatic nitrogens is 2. The van der Waals surface area contributed by atoms with Crippen LogP contribution in [0.5, 0.6) is 0 Å². The second-order valence-corrected chi connectivity index (χ2v) is 5.39. The Morgan fingerprint density at radius 2 is 2.12 bits per heavy atom. The van der Waals surface area contributed by atoms with Gasteiger partial charge in [-0.2, -0.15) is 4.98 Å². The molecule has 2 heterocycles. The lowest BCUT2D eigenvalue weighted by Crippen LogP contribution is -2.24. The summed E-state index contributed by atoms with van der Waals surface area (Å²) in [6, 6.07) is 0. The Bertz CT molecular complexity index is 419. The van der Waals surface area contributed by atoms with E-state index in [1.807, 2.05) is 6.92 Å². The molecule has 94 valence electrons. The van der Waals surface area contributed by atoms with Crippen LogP contribution in [0.4, 0.5) is 11.5 Å². The topological polar surface area (TPSA) is 55.0 Å². The largest absolute Gasteiger partial charge is 0.394 e. The van der Waals surface area contributed by atoms with Gasteiger partial charge in [0.1, 0.15) is 0 Å². The highest BCUT2D eigenvalue weighted by Crippen LogP contribution is 2.31. The van der Waals surface area contributed by atoms with Gasteiger partial charge in [0.15, 0.2) is 5.82 Å². The van der Waals surface area contributed by atoms with E-state index in [-0.39, 0.29) is 5.28 Å². The fourth-order valence-electron chi connectivity index (χ4n) is 2.30. The number of hydrogen-bond donors (Lipinski definition) is 1. The summed E-state index contributed by atoms with van der Waals surface area (Å²) >= 11 is 5.90. The van der Waals surface area contributed by atoms with E-state index in [0.717, 1.165) is 24.6 Å². The van der Waals surface area contributed by atoms with Crippen LogP contribution < -0.4 is 10.6 Å². The van der Waals surface area contributed by atoms with Gasteiger partial charge in [-0.3, -0.25) is 0 Å². The minimum atomic E-state index is 0.277. The lowest BCUT2D eigenvalue weighted by atomic mass is 9.95. The molecule has 1 saturated heterocycles. The van der Waals surface area contributed by atoms with Crippen molar-refractivity contribution in [1.29, 1.82) is 0 Å². The Morgan fingerprint density at radius 1 is 1.41 bits per heavy atom. The average Bonchev–Trinajstić information content (AvgIpc) is 2.72. The Hall–Kier alpha value is -1.03. The van der Waals surface area contributed by atoms with Crippen molar-refractivity contribution in [3.63, 3.8) is 0 Å². The van der Waals surface area contributed by atoms with Crippen LogP contribution in [0.1, 0.15) is 26.0 Å². The zero-order valence-corrected chi connectivity index (χ0v) is 11.3. The van der Waals surface area contributed by atoms with Crippen molar-refractivity contribution in [2.75, 3.05) is 23.7 Å². The van der Waals surface area contributed by atoms with Crippen molar-refractivity contribution < 1.29 is 0 Å². The van der Waals surface area contributed by atoms with Gasteiger partial charge in [0.25, 0.3) is 0 Å². The first-order valence-electron chi connectivity index (χ1n) is 6.03. The highest BCUT2D eigenvalue weighted by Gasteiger charge is 2.27. The molecule has 1 aromatic heterocycles. The van der Waals surface area contributed by atoms with Crippen LogP contribution in [0.25, 0.3) is 0 Å². The molecule has 1 unspecified atom stereocenters. The third-order valence-electron chi connectivity index (χ3n) is 3.56. The van der Waals surface area contributed by atoms with Crippen LogP contribution in [0.2, 0.25) is 5.28 Å². The normalized spacial score (nSPS) is 20.3. The van der Waals surface area contributed by atoms with Gasteiger partial charge in [0, 0.05) is 13.1 Å². The summed E-state index contributed by atoms with van der Waals surface area (Å²) in [4.78, 5) is 10.5. The van der Waals surface area contributed by atoms with Crippen molar-refractivity contribution in [3.8, 4) is 0 Å². The molecule has 17 heavy (non-hydrogen) atoms. The van der Waals surface area contributed by atoms with E-state index in [9.17, 15) is 0 Å². The summed E-state index contributed by atoms with van der Waals surface area (Å²) in [6.45, 7) is 8.39. The molecular formula is C12H19ClN4. The predicted molar refractivity (Wildman–Crippen MR) is 71.3 cm³/mol. The summed E-state index contributed by atoms with van der Waals surface area (Å²) in [7, 11) is 0. The maximum Gasteiger partial charge on any atom is 0.224 e. The van der Waals surface area contributed by atoms with Crippen LogP contribution in [-0.4, -0.2) is 23.1 Å². The van der Waals surface area contributed by atoms with Crippen molar-refractivity contribution in [1.82, 2.24) is 9.97 Å². The van der Waals surface area contributed by atoms with Crippen LogP contribution in [0, 0.1) is 18.8 Å². The van der Waals surface area contributed by atoms with E-state index in [1.54, 1.807) is 0 Å². The summed E-state index contributed by atoms with van der Waals surface area (Å²) in [5.74, 6) is 2.20. The van der Waals surface area contributed by atoms with Crippen molar-refractivity contribution in [3.05, 3.63) is 11.0 Å². The molecule has 4 nitrogen and oxygen atoms in total. The Morgan fingerprint density at radius 3 is 2.71 bits per heavy atom. The number of anilines is 2. The molecule has 5 heteroatoms. The maximum absolute atomic E-state index is 6.03. The number of hydrogen-bond acceptors (Lipinski definition) is 4. The van der Waals surface area contributed by atoms with E-state index >= 15 is 0 Å². The second-order valence-electron chi connectivity index (χ2n) is 5.05. The molecule has 0 spiro atoms. The maximum atomic E-state index is 6.03. The number of aryl methyl sites for hydroxylation is 1. The molecule has 1 aliphatic rings. The molecule has 0 saturated carbocycles. The van der Waals surface area contributed by atoms with Crippen LogP contribution in [0.15, 0.2) is 0 Å². The van der Waals surface area contributed by atoms with E-state index in [1.165, 1.54) is 6.42 Å². The molecule has 2 N–H and O–H groups in total. The smallest absolute Gasteiger partial charge is 0.224 e. The molecule has 0 radical (unpaired) electrons. The lowest BCUT2D eigenvalue weighted by molar-refractivity contribution is 0.422. The number of nitrogen functional groups attached to an aromatic ring is 1. The average molecular weight is 255 g/mol. The number of halogens is 1. The third kappa shape index (κ3) is 2.46.